The van der Waals surface area contributed by atoms with Gasteiger partial charge in [-0.2, -0.15) is 0 Å². The fourth-order valence-corrected chi connectivity index (χ4v) is 2.03. The molecule has 10 N–H and O–H groups in total. The Balaban J connectivity index is 0. The van der Waals surface area contributed by atoms with Gasteiger partial charge in [0.1, 0.15) is 12.0 Å². The number of aldehydes is 1. The number of hydrogen-bond donors (Lipinski definition) is 5. The fraction of sp³-hybridized carbons (Fsp3) is 0.632. The molecule has 0 saturated heterocycles. The normalized spacial score (nSPS) is 9.74. The first-order chi connectivity index (χ1) is 13.1. The third-order valence-electron chi connectivity index (χ3n) is 3.50. The van der Waals surface area contributed by atoms with Crippen molar-refractivity contribution in [1.29, 1.82) is 0 Å². The van der Waals surface area contributed by atoms with Crippen LogP contribution < -0.4 is 33.4 Å². The summed E-state index contributed by atoms with van der Waals surface area (Å²) < 4.78 is 4.90. The first-order valence-corrected chi connectivity index (χ1v) is 9.45. The number of hydrogen-bond acceptors (Lipinski definition) is 8. The molecular formula is C19H40N6O2. The standard InChI is InChI=1S/C8H8O2.C6H18N4.C5H14N2/c1-10-8-4-2-7(6-9)3-5-8;7-1-4-10(5-2-8)6-3-9;6-4-2-1-3-5-7/h2-6H,1H3;1-9H2;1-7H2. The third kappa shape index (κ3) is 19.0. The van der Waals surface area contributed by atoms with Crippen LogP contribution in [0.3, 0.4) is 0 Å². The van der Waals surface area contributed by atoms with Crippen LogP contribution in [0.2, 0.25) is 0 Å². The number of ether oxygens (including phenoxy) is 1. The molecule has 0 radical (unpaired) electrons. The van der Waals surface area contributed by atoms with Gasteiger partial charge in [-0.15, -0.1) is 0 Å². The number of nitrogens with zero attached hydrogens (tertiary/aromatic N) is 1. The molecule has 0 unspecified atom stereocenters. The third-order valence-corrected chi connectivity index (χ3v) is 3.50. The molecule has 0 aliphatic heterocycles. The fourth-order valence-electron chi connectivity index (χ4n) is 2.03. The second-order valence-electron chi connectivity index (χ2n) is 5.74. The van der Waals surface area contributed by atoms with Crippen LogP contribution in [-0.4, -0.2) is 70.7 Å². The number of methoxy groups -OCH3 is 1. The van der Waals surface area contributed by atoms with Crippen LogP contribution in [0.5, 0.6) is 5.75 Å². The predicted octanol–water partition coefficient (Wildman–Crippen LogP) is -0.254. The molecule has 0 spiro atoms. The Bertz CT molecular complexity index is 399. The molecular weight excluding hydrogens is 344 g/mol. The number of carbonyl (C=O) groups excluding carboxylic acids is 1. The van der Waals surface area contributed by atoms with Crippen molar-refractivity contribution in [3.05, 3.63) is 29.8 Å². The van der Waals surface area contributed by atoms with Crippen molar-refractivity contribution >= 4 is 6.29 Å². The van der Waals surface area contributed by atoms with Crippen LogP contribution >= 0.6 is 0 Å². The molecule has 1 rings (SSSR count). The van der Waals surface area contributed by atoms with Crippen molar-refractivity contribution in [2.45, 2.75) is 19.3 Å². The maximum absolute atomic E-state index is 10.2. The summed E-state index contributed by atoms with van der Waals surface area (Å²) in [5.74, 6) is 0.769. The quantitative estimate of drug-likeness (QED) is 0.243. The van der Waals surface area contributed by atoms with Crippen LogP contribution in [0, 0.1) is 0 Å². The molecule has 0 bridgehead atoms. The van der Waals surface area contributed by atoms with Crippen LogP contribution in [0.15, 0.2) is 24.3 Å². The molecule has 0 atom stereocenters. The van der Waals surface area contributed by atoms with Gasteiger partial charge < -0.3 is 33.4 Å². The van der Waals surface area contributed by atoms with E-state index in [4.69, 9.17) is 33.4 Å². The zero-order valence-electron chi connectivity index (χ0n) is 16.8. The van der Waals surface area contributed by atoms with Crippen molar-refractivity contribution in [3.63, 3.8) is 0 Å². The average Bonchev–Trinajstić information content (AvgIpc) is 2.70. The van der Waals surface area contributed by atoms with Gasteiger partial charge in [0.25, 0.3) is 0 Å². The number of nitrogens with two attached hydrogens (primary N) is 5. The Kier molecular flexibility index (Phi) is 23.0. The summed E-state index contributed by atoms with van der Waals surface area (Å²) in [6.45, 7) is 6.34. The first-order valence-electron chi connectivity index (χ1n) is 9.45. The Hall–Kier alpha value is -1.55. The molecule has 0 aromatic heterocycles. The van der Waals surface area contributed by atoms with Gasteiger partial charge in [0, 0.05) is 44.8 Å². The SMILES string of the molecule is COc1ccc(C=O)cc1.NCCCCCN.NCCN(CCN)CCN. The van der Waals surface area contributed by atoms with E-state index in [1.54, 1.807) is 31.4 Å². The summed E-state index contributed by atoms with van der Waals surface area (Å²) >= 11 is 0. The second kappa shape index (κ2) is 22.5. The van der Waals surface area contributed by atoms with Gasteiger partial charge in [-0.25, -0.2) is 0 Å². The molecule has 0 saturated carbocycles. The second-order valence-corrected chi connectivity index (χ2v) is 5.74. The van der Waals surface area contributed by atoms with Gasteiger partial charge in [-0.3, -0.25) is 9.69 Å². The largest absolute Gasteiger partial charge is 0.497 e. The lowest BCUT2D eigenvalue weighted by Gasteiger charge is -2.18. The molecule has 1 aromatic carbocycles. The molecule has 0 amide bonds. The topological polar surface area (TPSA) is 160 Å². The predicted molar refractivity (Wildman–Crippen MR) is 114 cm³/mol. The smallest absolute Gasteiger partial charge is 0.150 e. The maximum Gasteiger partial charge on any atom is 0.150 e. The van der Waals surface area contributed by atoms with Gasteiger partial charge >= 0.3 is 0 Å². The van der Waals surface area contributed by atoms with E-state index in [1.165, 1.54) is 6.42 Å². The maximum atomic E-state index is 10.2. The van der Waals surface area contributed by atoms with Crippen LogP contribution in [0.1, 0.15) is 29.6 Å². The molecule has 0 aliphatic rings. The summed E-state index contributed by atoms with van der Waals surface area (Å²) in [6, 6.07) is 6.94. The lowest BCUT2D eigenvalue weighted by Crippen LogP contribution is -2.37. The molecule has 27 heavy (non-hydrogen) atoms. The van der Waals surface area contributed by atoms with E-state index in [1.807, 2.05) is 0 Å². The minimum absolute atomic E-state index is 0.667. The monoisotopic (exact) mass is 384 g/mol. The Morgan fingerprint density at radius 2 is 1.22 bits per heavy atom. The van der Waals surface area contributed by atoms with Gasteiger partial charge in [0.05, 0.1) is 7.11 Å². The lowest BCUT2D eigenvalue weighted by molar-refractivity contribution is 0.112. The van der Waals surface area contributed by atoms with E-state index < -0.39 is 0 Å². The van der Waals surface area contributed by atoms with Crippen molar-refractivity contribution in [2.24, 2.45) is 28.7 Å². The van der Waals surface area contributed by atoms with Gasteiger partial charge in [0.15, 0.2) is 0 Å². The first kappa shape index (κ1) is 27.7. The minimum Gasteiger partial charge on any atom is -0.497 e. The number of carbonyl (C=O) groups is 1. The van der Waals surface area contributed by atoms with Crippen molar-refractivity contribution in [2.75, 3.05) is 59.5 Å². The zero-order valence-corrected chi connectivity index (χ0v) is 16.8. The van der Waals surface area contributed by atoms with E-state index >= 15 is 0 Å². The zero-order chi connectivity index (χ0) is 20.8. The van der Waals surface area contributed by atoms with Gasteiger partial charge in [0.2, 0.25) is 0 Å². The van der Waals surface area contributed by atoms with E-state index in [0.717, 1.165) is 57.6 Å². The summed E-state index contributed by atoms with van der Waals surface area (Å²) in [5, 5.41) is 0. The van der Waals surface area contributed by atoms with Gasteiger partial charge in [-0.1, -0.05) is 6.42 Å². The molecule has 8 heteroatoms. The molecule has 0 fully saturated rings. The lowest BCUT2D eigenvalue weighted by atomic mass is 10.2. The summed E-state index contributed by atoms with van der Waals surface area (Å²) in [4.78, 5) is 12.3. The Morgan fingerprint density at radius 1 is 0.778 bits per heavy atom. The van der Waals surface area contributed by atoms with Crippen molar-refractivity contribution in [1.82, 2.24) is 4.90 Å². The highest BCUT2D eigenvalue weighted by atomic mass is 16.5. The summed E-state index contributed by atoms with van der Waals surface area (Å²) in [6.07, 6.45) is 4.24. The van der Waals surface area contributed by atoms with E-state index in [0.29, 0.717) is 25.2 Å². The van der Waals surface area contributed by atoms with Crippen molar-refractivity contribution < 1.29 is 9.53 Å². The number of unbranched alkanes of at least 4 members (excludes halogenated alkanes) is 2. The molecule has 158 valence electrons. The van der Waals surface area contributed by atoms with Crippen LogP contribution in [0.25, 0.3) is 0 Å². The molecule has 8 nitrogen and oxygen atoms in total. The highest BCUT2D eigenvalue weighted by molar-refractivity contribution is 5.74. The summed E-state index contributed by atoms with van der Waals surface area (Å²) in [7, 11) is 1.59. The van der Waals surface area contributed by atoms with Crippen LogP contribution in [-0.2, 0) is 0 Å². The molecule has 1 aromatic rings. The number of benzene rings is 1. The highest BCUT2D eigenvalue weighted by Gasteiger charge is 1.98. The Labute approximate surface area is 164 Å². The molecule has 0 aliphatic carbocycles. The van der Waals surface area contributed by atoms with Crippen molar-refractivity contribution in [3.8, 4) is 5.75 Å². The minimum atomic E-state index is 0.667. The summed E-state index contributed by atoms with van der Waals surface area (Å²) in [5.41, 5.74) is 27.2. The number of rotatable bonds is 12. The van der Waals surface area contributed by atoms with E-state index in [-0.39, 0.29) is 0 Å². The van der Waals surface area contributed by atoms with Crippen LogP contribution in [0.4, 0.5) is 0 Å². The Morgan fingerprint density at radius 3 is 1.52 bits per heavy atom. The average molecular weight is 385 g/mol. The van der Waals surface area contributed by atoms with E-state index in [9.17, 15) is 4.79 Å². The molecule has 0 heterocycles. The van der Waals surface area contributed by atoms with E-state index in [2.05, 4.69) is 4.90 Å². The van der Waals surface area contributed by atoms with Gasteiger partial charge in [-0.05, 0) is 50.2 Å². The highest BCUT2D eigenvalue weighted by Crippen LogP contribution is 2.09.